The van der Waals surface area contributed by atoms with E-state index >= 15 is 0 Å². The van der Waals surface area contributed by atoms with Gasteiger partial charge in [0.05, 0.1) is 25.0 Å². The molecule has 7 heteroatoms. The van der Waals surface area contributed by atoms with E-state index in [1.807, 2.05) is 6.92 Å². The summed E-state index contributed by atoms with van der Waals surface area (Å²) >= 11 is 0. The van der Waals surface area contributed by atoms with Crippen molar-refractivity contribution in [2.75, 3.05) is 7.11 Å². The average molecular weight is 418 g/mol. The summed E-state index contributed by atoms with van der Waals surface area (Å²) in [5.74, 6) is 0.795. The van der Waals surface area contributed by atoms with E-state index in [2.05, 4.69) is 0 Å². The fraction of sp³-hybridized carbons (Fsp3) is 0.167. The number of hydrogen-bond donors (Lipinski definition) is 1. The van der Waals surface area contributed by atoms with E-state index in [-0.39, 0.29) is 28.9 Å². The normalized spacial score (nSPS) is 15.5. The number of rotatable bonds is 3. The lowest BCUT2D eigenvalue weighted by atomic mass is 9.88. The van der Waals surface area contributed by atoms with Gasteiger partial charge in [0.1, 0.15) is 46.0 Å². The van der Waals surface area contributed by atoms with Crippen LogP contribution < -0.4 is 14.9 Å². The van der Waals surface area contributed by atoms with Crippen molar-refractivity contribution in [2.45, 2.75) is 19.3 Å². The Hall–Kier alpha value is -4.00. The highest BCUT2D eigenvalue weighted by atomic mass is 16.5. The fourth-order valence-corrected chi connectivity index (χ4v) is 3.99. The van der Waals surface area contributed by atoms with Gasteiger partial charge in [0, 0.05) is 11.6 Å². The van der Waals surface area contributed by atoms with Gasteiger partial charge in [-0.05, 0) is 36.8 Å². The molecular weight excluding hydrogens is 400 g/mol. The first-order valence-corrected chi connectivity index (χ1v) is 9.69. The predicted octanol–water partition coefficient (Wildman–Crippen LogP) is 4.52. The van der Waals surface area contributed by atoms with Crippen LogP contribution in [0, 0.1) is 6.92 Å². The number of carbonyl (C=O) groups excluding carboxylic acids is 1. The molecular formula is C24H18O7. The number of phenols is 1. The standard InChI is InChI=1S/C24H18O7/c1-12-3-8-18(30-12)15-9-20(26)31-19-10-17(25)22-23(27)16(11-29-24(22)21(15)19)13-4-6-14(28-2)7-5-13/h3-8,10-11,15,25H,9H2,1-2H3/t15-/m1/s1. The number of aryl methyl sites for hydroxylation is 1. The van der Waals surface area contributed by atoms with E-state index < -0.39 is 17.3 Å². The zero-order chi connectivity index (χ0) is 21.7. The van der Waals surface area contributed by atoms with Crippen LogP contribution in [-0.2, 0) is 4.79 Å². The largest absolute Gasteiger partial charge is 0.507 e. The van der Waals surface area contributed by atoms with Gasteiger partial charge in [0.2, 0.25) is 5.43 Å². The monoisotopic (exact) mass is 418 g/mol. The number of fused-ring (bicyclic) bond motifs is 3. The smallest absolute Gasteiger partial charge is 0.312 e. The molecule has 1 aliphatic rings. The third kappa shape index (κ3) is 3.06. The molecule has 2 aromatic heterocycles. The zero-order valence-electron chi connectivity index (χ0n) is 16.8. The van der Waals surface area contributed by atoms with E-state index in [0.29, 0.717) is 34.0 Å². The minimum Gasteiger partial charge on any atom is -0.507 e. The van der Waals surface area contributed by atoms with Crippen molar-refractivity contribution in [3.63, 3.8) is 0 Å². The molecule has 0 spiro atoms. The molecule has 3 heterocycles. The molecule has 1 N–H and O–H groups in total. The Balaban J connectivity index is 1.75. The number of carbonyl (C=O) groups is 1. The number of phenolic OH excluding ortho intramolecular Hbond substituents is 1. The van der Waals surface area contributed by atoms with Gasteiger partial charge < -0.3 is 23.4 Å². The highest BCUT2D eigenvalue weighted by Gasteiger charge is 2.35. The molecule has 31 heavy (non-hydrogen) atoms. The summed E-state index contributed by atoms with van der Waals surface area (Å²) in [6.07, 6.45) is 1.39. The van der Waals surface area contributed by atoms with Crippen molar-refractivity contribution >= 4 is 16.9 Å². The van der Waals surface area contributed by atoms with E-state index in [4.69, 9.17) is 18.3 Å². The molecule has 0 amide bonds. The minimum absolute atomic E-state index is 0.0262. The first-order chi connectivity index (χ1) is 15.0. The number of benzene rings is 2. The second-order valence-corrected chi connectivity index (χ2v) is 7.40. The number of methoxy groups -OCH3 is 1. The maximum atomic E-state index is 13.3. The van der Waals surface area contributed by atoms with Crippen LogP contribution in [0.5, 0.6) is 17.2 Å². The molecule has 1 aliphatic heterocycles. The van der Waals surface area contributed by atoms with Crippen LogP contribution in [0.4, 0.5) is 0 Å². The highest BCUT2D eigenvalue weighted by Crippen LogP contribution is 2.45. The highest BCUT2D eigenvalue weighted by molar-refractivity contribution is 5.94. The average Bonchev–Trinajstić information content (AvgIpc) is 3.19. The first-order valence-electron chi connectivity index (χ1n) is 9.69. The Morgan fingerprint density at radius 1 is 1.10 bits per heavy atom. The summed E-state index contributed by atoms with van der Waals surface area (Å²) in [5, 5.41) is 10.6. The minimum atomic E-state index is -0.497. The van der Waals surface area contributed by atoms with Crippen LogP contribution in [0.2, 0.25) is 0 Å². The predicted molar refractivity (Wildman–Crippen MR) is 112 cm³/mol. The van der Waals surface area contributed by atoms with E-state index in [1.165, 1.54) is 12.3 Å². The molecule has 5 rings (SSSR count). The molecule has 156 valence electrons. The van der Waals surface area contributed by atoms with Gasteiger partial charge in [0.15, 0.2) is 0 Å². The van der Waals surface area contributed by atoms with Crippen molar-refractivity contribution in [1.82, 2.24) is 0 Å². The topological polar surface area (TPSA) is 99.1 Å². The van der Waals surface area contributed by atoms with E-state index in [1.54, 1.807) is 43.5 Å². The van der Waals surface area contributed by atoms with Crippen LogP contribution in [0.1, 0.15) is 29.4 Å². The maximum Gasteiger partial charge on any atom is 0.312 e. The Morgan fingerprint density at radius 2 is 1.87 bits per heavy atom. The van der Waals surface area contributed by atoms with Crippen molar-refractivity contribution in [2.24, 2.45) is 0 Å². The Labute approximate surface area is 176 Å². The summed E-state index contributed by atoms with van der Waals surface area (Å²) < 4.78 is 22.1. The molecule has 0 fully saturated rings. The first kappa shape index (κ1) is 19.0. The summed E-state index contributed by atoms with van der Waals surface area (Å²) in [4.78, 5) is 25.5. The number of esters is 1. The van der Waals surface area contributed by atoms with Crippen LogP contribution in [0.25, 0.3) is 22.1 Å². The number of ether oxygens (including phenoxy) is 2. The zero-order valence-corrected chi connectivity index (χ0v) is 16.8. The van der Waals surface area contributed by atoms with Gasteiger partial charge in [-0.15, -0.1) is 0 Å². The van der Waals surface area contributed by atoms with Crippen LogP contribution >= 0.6 is 0 Å². The Kier molecular flexibility index (Phi) is 4.32. The molecule has 0 saturated heterocycles. The van der Waals surface area contributed by atoms with Crippen LogP contribution in [0.15, 0.2) is 62.4 Å². The number of aromatic hydroxyl groups is 1. The fourth-order valence-electron chi connectivity index (χ4n) is 3.99. The molecule has 0 unspecified atom stereocenters. The number of furan rings is 1. The summed E-state index contributed by atoms with van der Waals surface area (Å²) in [6, 6.07) is 11.8. The molecule has 0 bridgehead atoms. The van der Waals surface area contributed by atoms with Gasteiger partial charge in [-0.1, -0.05) is 12.1 Å². The van der Waals surface area contributed by atoms with Gasteiger partial charge >= 0.3 is 5.97 Å². The van der Waals surface area contributed by atoms with E-state index in [9.17, 15) is 14.7 Å². The Bertz CT molecular complexity index is 1380. The van der Waals surface area contributed by atoms with Crippen LogP contribution in [0.3, 0.4) is 0 Å². The summed E-state index contributed by atoms with van der Waals surface area (Å²) in [7, 11) is 1.56. The summed E-state index contributed by atoms with van der Waals surface area (Å²) in [6.45, 7) is 1.81. The molecule has 2 aromatic carbocycles. The lowest BCUT2D eigenvalue weighted by molar-refractivity contribution is -0.135. The third-order valence-corrected chi connectivity index (χ3v) is 5.48. The quantitative estimate of drug-likeness (QED) is 0.386. The van der Waals surface area contributed by atoms with Crippen molar-refractivity contribution in [1.29, 1.82) is 0 Å². The van der Waals surface area contributed by atoms with Crippen molar-refractivity contribution in [3.8, 4) is 28.4 Å². The van der Waals surface area contributed by atoms with Gasteiger partial charge in [-0.3, -0.25) is 9.59 Å². The van der Waals surface area contributed by atoms with Gasteiger partial charge in [-0.2, -0.15) is 0 Å². The molecule has 0 radical (unpaired) electrons. The van der Waals surface area contributed by atoms with Gasteiger partial charge in [0.25, 0.3) is 0 Å². The third-order valence-electron chi connectivity index (χ3n) is 5.48. The van der Waals surface area contributed by atoms with Gasteiger partial charge in [-0.25, -0.2) is 0 Å². The summed E-state index contributed by atoms with van der Waals surface area (Å²) in [5.41, 5.74) is 1.20. The molecule has 4 aromatic rings. The van der Waals surface area contributed by atoms with E-state index in [0.717, 1.165) is 0 Å². The lowest BCUT2D eigenvalue weighted by Gasteiger charge is -2.24. The second kappa shape index (κ2) is 7.05. The van der Waals surface area contributed by atoms with Crippen LogP contribution in [-0.4, -0.2) is 18.2 Å². The number of hydrogen-bond acceptors (Lipinski definition) is 7. The second-order valence-electron chi connectivity index (χ2n) is 7.40. The van der Waals surface area contributed by atoms with Crippen molar-refractivity contribution < 1.29 is 28.2 Å². The molecule has 0 saturated carbocycles. The molecule has 7 nitrogen and oxygen atoms in total. The maximum absolute atomic E-state index is 13.3. The molecule has 0 aliphatic carbocycles. The SMILES string of the molecule is COc1ccc(-c2coc3c4c(cc(O)c3c2=O)OC(=O)C[C@@H]4c2ccc(C)o2)cc1. The molecule has 1 atom stereocenters. The lowest BCUT2D eigenvalue weighted by Crippen LogP contribution is -2.21. The Morgan fingerprint density at radius 3 is 2.55 bits per heavy atom. The van der Waals surface area contributed by atoms with Crippen molar-refractivity contribution in [3.05, 3.63) is 76.0 Å².